The fourth-order valence-electron chi connectivity index (χ4n) is 4.32. The lowest BCUT2D eigenvalue weighted by molar-refractivity contribution is -0.126. The van der Waals surface area contributed by atoms with Crippen molar-refractivity contribution in [2.45, 2.75) is 12.6 Å². The second-order valence-electron chi connectivity index (χ2n) is 8.91. The van der Waals surface area contributed by atoms with Crippen molar-refractivity contribution in [2.24, 2.45) is 0 Å². The van der Waals surface area contributed by atoms with E-state index in [-0.39, 0.29) is 11.8 Å². The second kappa shape index (κ2) is 13.0. The van der Waals surface area contributed by atoms with Crippen LogP contribution in [0.5, 0.6) is 0 Å². The molecule has 0 aliphatic rings. The number of likely N-dealkylation sites (N-methyl/N-ethyl adjacent to an activating group) is 1. The van der Waals surface area contributed by atoms with Gasteiger partial charge in [0.15, 0.2) is 0 Å². The van der Waals surface area contributed by atoms with E-state index in [1.807, 2.05) is 72.8 Å². The van der Waals surface area contributed by atoms with Crippen LogP contribution in [0.1, 0.15) is 33.1 Å². The van der Waals surface area contributed by atoms with Crippen LogP contribution in [0, 0.1) is 0 Å². The highest BCUT2D eigenvalue weighted by atomic mass is 16.5. The van der Waals surface area contributed by atoms with E-state index in [1.54, 1.807) is 48.9 Å². The van der Waals surface area contributed by atoms with E-state index >= 15 is 0 Å². The Kier molecular flexibility index (Phi) is 9.00. The maximum Gasteiger partial charge on any atom is 0.267 e. The summed E-state index contributed by atoms with van der Waals surface area (Å²) in [6.07, 6.45) is 2.69. The zero-order chi connectivity index (χ0) is 27.6. The summed E-state index contributed by atoms with van der Waals surface area (Å²) in [6, 6.07) is 32.5. The quantitative estimate of drug-likeness (QED) is 0.165. The lowest BCUT2D eigenvalue weighted by atomic mass is 9.97. The minimum absolute atomic E-state index is 0.301. The summed E-state index contributed by atoms with van der Waals surface area (Å²) in [7, 11) is 1.61. The molecule has 3 amide bonds. The average molecular weight is 520 g/mol. The molecule has 1 unspecified atom stereocenters. The number of amides is 3. The third-order valence-electron chi connectivity index (χ3n) is 6.27. The molecule has 7 heteroatoms. The fraction of sp³-hybridized carbons (Fsp3) is 0.0938. The van der Waals surface area contributed by atoms with Crippen LogP contribution in [-0.4, -0.2) is 34.9 Å². The third-order valence-corrected chi connectivity index (χ3v) is 6.27. The predicted octanol–water partition coefficient (Wildman–Crippen LogP) is 5.00. The van der Waals surface area contributed by atoms with Crippen molar-refractivity contribution in [3.8, 4) is 11.1 Å². The monoisotopic (exact) mass is 519 g/mol. The van der Waals surface area contributed by atoms with Crippen molar-refractivity contribution < 1.29 is 19.6 Å². The van der Waals surface area contributed by atoms with E-state index in [2.05, 4.69) is 5.32 Å². The Labute approximate surface area is 227 Å². The average Bonchev–Trinajstić information content (AvgIpc) is 2.99. The number of nitrogens with zero attached hydrogens (tertiary/aromatic N) is 1. The summed E-state index contributed by atoms with van der Waals surface area (Å²) >= 11 is 0. The summed E-state index contributed by atoms with van der Waals surface area (Å²) in [5.41, 5.74) is 5.82. The molecule has 0 aliphatic carbocycles. The summed E-state index contributed by atoms with van der Waals surface area (Å²) in [5, 5.41) is 11.7. The Balaban J connectivity index is 1.69. The smallest absolute Gasteiger partial charge is 0.267 e. The first-order valence-corrected chi connectivity index (χ1v) is 12.4. The third kappa shape index (κ3) is 6.85. The van der Waals surface area contributed by atoms with Crippen molar-refractivity contribution >= 4 is 23.8 Å². The highest BCUT2D eigenvalue weighted by Gasteiger charge is 2.30. The molecule has 0 saturated heterocycles. The zero-order valence-corrected chi connectivity index (χ0v) is 21.5. The first-order valence-electron chi connectivity index (χ1n) is 12.4. The maximum atomic E-state index is 13.9. The van der Waals surface area contributed by atoms with Crippen LogP contribution in [0.4, 0.5) is 0 Å². The van der Waals surface area contributed by atoms with Crippen molar-refractivity contribution in [3.63, 3.8) is 0 Å². The molecule has 0 radical (unpaired) electrons. The van der Waals surface area contributed by atoms with Crippen LogP contribution < -0.4 is 10.8 Å². The van der Waals surface area contributed by atoms with Crippen LogP contribution in [0.15, 0.2) is 115 Å². The molecule has 0 fully saturated rings. The molecule has 4 rings (SSSR count). The lowest BCUT2D eigenvalue weighted by Crippen LogP contribution is -2.41. The first kappa shape index (κ1) is 27.0. The molecule has 39 heavy (non-hydrogen) atoms. The van der Waals surface area contributed by atoms with Crippen molar-refractivity contribution in [1.82, 2.24) is 15.7 Å². The van der Waals surface area contributed by atoms with Crippen LogP contribution in [-0.2, 0) is 16.1 Å². The van der Waals surface area contributed by atoms with Gasteiger partial charge in [0.25, 0.3) is 11.8 Å². The second-order valence-corrected chi connectivity index (χ2v) is 8.91. The minimum Gasteiger partial charge on any atom is -0.350 e. The number of carbonyl (C=O) groups excluding carboxylic acids is 3. The van der Waals surface area contributed by atoms with Crippen molar-refractivity contribution in [3.05, 3.63) is 138 Å². The fourth-order valence-corrected chi connectivity index (χ4v) is 4.32. The van der Waals surface area contributed by atoms with Crippen LogP contribution in [0.2, 0.25) is 0 Å². The highest BCUT2D eigenvalue weighted by molar-refractivity contribution is 6.03. The largest absolute Gasteiger partial charge is 0.350 e. The molecule has 0 aromatic heterocycles. The van der Waals surface area contributed by atoms with Crippen LogP contribution in [0.3, 0.4) is 0 Å². The van der Waals surface area contributed by atoms with Gasteiger partial charge in [0, 0.05) is 25.2 Å². The summed E-state index contributed by atoms with van der Waals surface area (Å²) in [6.45, 7) is 0.301. The van der Waals surface area contributed by atoms with Crippen LogP contribution in [0.25, 0.3) is 17.2 Å². The zero-order valence-electron chi connectivity index (χ0n) is 21.5. The molecule has 1 atom stereocenters. The van der Waals surface area contributed by atoms with Gasteiger partial charge in [-0.15, -0.1) is 0 Å². The molecular formula is C32H29N3O4. The van der Waals surface area contributed by atoms with Crippen molar-refractivity contribution in [1.29, 1.82) is 0 Å². The molecule has 0 aliphatic heterocycles. The number of hydroxylamine groups is 1. The summed E-state index contributed by atoms with van der Waals surface area (Å²) in [5.74, 6) is -1.33. The van der Waals surface area contributed by atoms with E-state index < -0.39 is 11.9 Å². The van der Waals surface area contributed by atoms with Gasteiger partial charge in [-0.05, 0) is 46.0 Å². The minimum atomic E-state index is -0.954. The van der Waals surface area contributed by atoms with Crippen LogP contribution >= 0.6 is 0 Å². The lowest BCUT2D eigenvalue weighted by Gasteiger charge is -2.29. The first-order chi connectivity index (χ1) is 19.0. The van der Waals surface area contributed by atoms with E-state index in [9.17, 15) is 14.4 Å². The molecule has 7 nitrogen and oxygen atoms in total. The van der Waals surface area contributed by atoms with Gasteiger partial charge < -0.3 is 10.2 Å². The molecule has 4 aromatic rings. The Bertz CT molecular complexity index is 1470. The number of rotatable bonds is 9. The normalized spacial score (nSPS) is 11.5. The maximum absolute atomic E-state index is 13.9. The van der Waals surface area contributed by atoms with E-state index in [0.717, 1.165) is 16.7 Å². The standard InChI is InChI=1S/C32H29N3O4/c1-35(32(38)28-18-9-8-17-27(28)25-14-6-3-7-15-25)30(31(37)33-22-24-11-4-2-5-12-24)26-16-10-13-23(21-26)19-20-29(36)34-39/h2-21,30,39H,22H2,1H3,(H,33,37)(H,34,36)/b20-19+. The number of nitrogens with one attached hydrogen (secondary N) is 2. The van der Waals surface area contributed by atoms with E-state index in [1.165, 1.54) is 17.1 Å². The van der Waals surface area contributed by atoms with Crippen molar-refractivity contribution in [2.75, 3.05) is 7.05 Å². The molecular weight excluding hydrogens is 490 g/mol. The summed E-state index contributed by atoms with van der Waals surface area (Å²) in [4.78, 5) is 40.5. The topological polar surface area (TPSA) is 98.7 Å². The van der Waals surface area contributed by atoms with E-state index in [4.69, 9.17) is 5.21 Å². The Morgan fingerprint density at radius 1 is 0.846 bits per heavy atom. The van der Waals surface area contributed by atoms with Gasteiger partial charge in [0.05, 0.1) is 0 Å². The predicted molar refractivity (Wildman–Crippen MR) is 150 cm³/mol. The molecule has 0 saturated carbocycles. The Hall–Kier alpha value is -5.01. The number of hydrogen-bond acceptors (Lipinski definition) is 4. The van der Waals surface area contributed by atoms with E-state index in [0.29, 0.717) is 23.2 Å². The van der Waals surface area contributed by atoms with Gasteiger partial charge >= 0.3 is 0 Å². The number of hydrogen-bond donors (Lipinski definition) is 3. The number of benzene rings is 4. The molecule has 3 N–H and O–H groups in total. The van der Waals surface area contributed by atoms with Gasteiger partial charge in [-0.25, -0.2) is 5.48 Å². The van der Waals surface area contributed by atoms with Gasteiger partial charge in [-0.2, -0.15) is 0 Å². The van der Waals surface area contributed by atoms with Gasteiger partial charge in [0.1, 0.15) is 6.04 Å². The highest BCUT2D eigenvalue weighted by Crippen LogP contribution is 2.28. The number of carbonyl (C=O) groups is 3. The van der Waals surface area contributed by atoms with Gasteiger partial charge in [0.2, 0.25) is 5.91 Å². The molecule has 0 spiro atoms. The molecule has 0 heterocycles. The van der Waals surface area contributed by atoms with Gasteiger partial charge in [-0.1, -0.05) is 97.1 Å². The molecule has 196 valence electrons. The summed E-state index contributed by atoms with van der Waals surface area (Å²) < 4.78 is 0. The Morgan fingerprint density at radius 3 is 2.23 bits per heavy atom. The molecule has 4 aromatic carbocycles. The Morgan fingerprint density at radius 2 is 1.51 bits per heavy atom. The SMILES string of the molecule is CN(C(=O)c1ccccc1-c1ccccc1)C(C(=O)NCc1ccccc1)c1cccc(/C=C/C(=O)NO)c1. The van der Waals surface area contributed by atoms with Gasteiger partial charge in [-0.3, -0.25) is 19.6 Å². The molecule has 0 bridgehead atoms.